The molecule has 21 heavy (non-hydrogen) atoms. The number of nitrogens with two attached hydrogens (primary N) is 1. The van der Waals surface area contributed by atoms with E-state index in [2.05, 4.69) is 10.5 Å². The van der Waals surface area contributed by atoms with Gasteiger partial charge in [-0.2, -0.15) is 0 Å². The van der Waals surface area contributed by atoms with Crippen LogP contribution < -0.4 is 15.8 Å². The predicted molar refractivity (Wildman–Crippen MR) is 76.7 cm³/mol. The summed E-state index contributed by atoms with van der Waals surface area (Å²) in [4.78, 5) is 11.7. The zero-order chi connectivity index (χ0) is 15.5. The average molecular weight is 297 g/mol. The average Bonchev–Trinajstić information content (AvgIpc) is 2.50. The molecule has 1 rings (SSSR count). The van der Waals surface area contributed by atoms with Gasteiger partial charge in [0.05, 0.1) is 18.9 Å². The molecule has 1 aromatic rings. The van der Waals surface area contributed by atoms with Gasteiger partial charge in [-0.25, -0.2) is 0 Å². The number of hydrogen-bond donors (Lipinski definition) is 3. The fraction of sp³-hybridized carbons (Fsp3) is 0.385. The summed E-state index contributed by atoms with van der Waals surface area (Å²) >= 11 is 0. The minimum atomic E-state index is -0.314. The molecule has 0 heterocycles. The highest BCUT2D eigenvalue weighted by Crippen LogP contribution is 2.23. The molecule has 0 fully saturated rings. The number of methoxy groups -OCH3 is 1. The Morgan fingerprint density at radius 2 is 2.10 bits per heavy atom. The van der Waals surface area contributed by atoms with Gasteiger partial charge in [-0.3, -0.25) is 4.79 Å². The molecule has 4 N–H and O–H groups in total. The number of anilines is 1. The van der Waals surface area contributed by atoms with Crippen LogP contribution in [0, 0.1) is 0 Å². The molecule has 0 saturated carbocycles. The van der Waals surface area contributed by atoms with Crippen molar-refractivity contribution in [2.45, 2.75) is 0 Å². The van der Waals surface area contributed by atoms with Crippen LogP contribution in [0.1, 0.15) is 0 Å². The number of hydrogen-bond acceptors (Lipinski definition) is 6. The molecule has 0 aliphatic heterocycles. The van der Waals surface area contributed by atoms with Crippen LogP contribution in [0.4, 0.5) is 5.69 Å². The van der Waals surface area contributed by atoms with Crippen molar-refractivity contribution >= 4 is 17.4 Å². The zero-order valence-corrected chi connectivity index (χ0v) is 11.7. The van der Waals surface area contributed by atoms with Crippen LogP contribution in [-0.4, -0.2) is 50.5 Å². The smallest absolute Gasteiger partial charge is 0.250 e. The van der Waals surface area contributed by atoms with Gasteiger partial charge in [0.25, 0.3) is 0 Å². The Balaban J connectivity index is 2.52. The molecule has 0 atom stereocenters. The molecule has 0 aromatic heterocycles. The molecule has 1 amide bonds. The minimum Gasteiger partial charge on any atom is -0.483 e. The highest BCUT2D eigenvalue weighted by Gasteiger charge is 2.08. The number of amidine groups is 1. The Hall–Kier alpha value is -2.32. The number of carbonyl (C=O) groups is 1. The third-order valence-electron chi connectivity index (χ3n) is 2.33. The molecule has 0 spiro atoms. The lowest BCUT2D eigenvalue weighted by Gasteiger charge is -2.12. The molecule has 0 radical (unpaired) electrons. The van der Waals surface area contributed by atoms with Crippen molar-refractivity contribution < 1.29 is 24.2 Å². The van der Waals surface area contributed by atoms with Crippen LogP contribution in [0.25, 0.3) is 0 Å². The van der Waals surface area contributed by atoms with E-state index in [1.165, 1.54) is 0 Å². The Morgan fingerprint density at radius 3 is 2.81 bits per heavy atom. The fourth-order valence-corrected chi connectivity index (χ4v) is 1.37. The number of benzene rings is 1. The number of carbonyl (C=O) groups excluding carboxylic acids is 1. The van der Waals surface area contributed by atoms with Gasteiger partial charge in [0.15, 0.2) is 5.84 Å². The van der Waals surface area contributed by atoms with Crippen molar-refractivity contribution in [3.8, 4) is 5.75 Å². The van der Waals surface area contributed by atoms with Crippen LogP contribution >= 0.6 is 0 Å². The lowest BCUT2D eigenvalue weighted by Crippen LogP contribution is -2.22. The maximum Gasteiger partial charge on any atom is 0.250 e. The van der Waals surface area contributed by atoms with Crippen molar-refractivity contribution in [1.82, 2.24) is 0 Å². The number of oxime groups is 1. The monoisotopic (exact) mass is 297 g/mol. The number of nitrogens with one attached hydrogen (secondary N) is 1. The van der Waals surface area contributed by atoms with Gasteiger partial charge in [0.2, 0.25) is 5.91 Å². The molecule has 0 bridgehead atoms. The van der Waals surface area contributed by atoms with E-state index in [9.17, 15) is 4.79 Å². The first-order valence-electron chi connectivity index (χ1n) is 6.22. The van der Waals surface area contributed by atoms with Crippen LogP contribution in [-0.2, 0) is 14.3 Å². The van der Waals surface area contributed by atoms with Gasteiger partial charge < -0.3 is 30.5 Å². The first kappa shape index (κ1) is 16.7. The van der Waals surface area contributed by atoms with Crippen LogP contribution in [0.5, 0.6) is 5.75 Å². The van der Waals surface area contributed by atoms with Gasteiger partial charge in [-0.1, -0.05) is 17.3 Å². The molecule has 8 heteroatoms. The van der Waals surface area contributed by atoms with E-state index in [-0.39, 0.29) is 25.0 Å². The first-order valence-corrected chi connectivity index (χ1v) is 6.22. The Labute approximate surface area is 122 Å². The lowest BCUT2D eigenvalue weighted by molar-refractivity contribution is -0.121. The number of amides is 1. The van der Waals surface area contributed by atoms with Crippen LogP contribution in [0.3, 0.4) is 0 Å². The minimum absolute atomic E-state index is 0.0703. The second-order valence-electron chi connectivity index (χ2n) is 3.97. The third kappa shape index (κ3) is 6.59. The summed E-state index contributed by atoms with van der Waals surface area (Å²) in [5.74, 6) is 0.0271. The van der Waals surface area contributed by atoms with E-state index in [1.807, 2.05) is 0 Å². The van der Waals surface area contributed by atoms with E-state index >= 15 is 0 Å². The van der Waals surface area contributed by atoms with E-state index in [1.54, 1.807) is 31.4 Å². The van der Waals surface area contributed by atoms with Crippen LogP contribution in [0.15, 0.2) is 29.4 Å². The number of nitrogens with zero attached hydrogens (tertiary/aromatic N) is 1. The highest BCUT2D eigenvalue weighted by atomic mass is 16.5. The fourth-order valence-electron chi connectivity index (χ4n) is 1.37. The predicted octanol–water partition coefficient (Wildman–Crippen LogP) is 0.413. The standard InChI is InChI=1S/C13H19N3O5/c1-19-6-7-20-9-13(17)15-10-4-2-3-5-11(10)21-8-12(14)16-18/h2-5,18H,6-9H2,1H3,(H2,14,16)(H,15,17). The molecule has 8 nitrogen and oxygen atoms in total. The summed E-state index contributed by atoms with van der Waals surface area (Å²) in [6.45, 7) is 0.587. The second-order valence-corrected chi connectivity index (χ2v) is 3.97. The maximum atomic E-state index is 11.7. The zero-order valence-electron chi connectivity index (χ0n) is 11.7. The van der Waals surface area contributed by atoms with E-state index < -0.39 is 0 Å². The molecular formula is C13H19N3O5. The van der Waals surface area contributed by atoms with Gasteiger partial charge in [0.1, 0.15) is 19.0 Å². The largest absolute Gasteiger partial charge is 0.483 e. The molecule has 0 aliphatic rings. The Morgan fingerprint density at radius 1 is 1.33 bits per heavy atom. The van der Waals surface area contributed by atoms with Gasteiger partial charge in [-0.15, -0.1) is 0 Å². The quantitative estimate of drug-likeness (QED) is 0.200. The summed E-state index contributed by atoms with van der Waals surface area (Å²) in [6.07, 6.45) is 0. The van der Waals surface area contributed by atoms with E-state index in [4.69, 9.17) is 25.2 Å². The van der Waals surface area contributed by atoms with Crippen molar-refractivity contribution in [2.75, 3.05) is 38.9 Å². The van der Waals surface area contributed by atoms with Gasteiger partial charge >= 0.3 is 0 Å². The van der Waals surface area contributed by atoms with Gasteiger partial charge in [-0.05, 0) is 12.1 Å². The Kier molecular flexibility index (Phi) is 7.62. The van der Waals surface area contributed by atoms with E-state index in [0.717, 1.165) is 0 Å². The third-order valence-corrected chi connectivity index (χ3v) is 2.33. The lowest BCUT2D eigenvalue weighted by atomic mass is 10.3. The molecule has 116 valence electrons. The van der Waals surface area contributed by atoms with Crippen molar-refractivity contribution in [3.05, 3.63) is 24.3 Å². The second kappa shape index (κ2) is 9.56. The Bertz CT molecular complexity index is 479. The summed E-state index contributed by atoms with van der Waals surface area (Å²) in [7, 11) is 1.55. The van der Waals surface area contributed by atoms with Crippen molar-refractivity contribution in [1.29, 1.82) is 0 Å². The summed E-state index contributed by atoms with van der Waals surface area (Å²) in [6, 6.07) is 6.82. The SMILES string of the molecule is COCCOCC(=O)Nc1ccccc1OC/C(N)=N/O. The summed E-state index contributed by atoms with van der Waals surface area (Å²) < 4.78 is 15.3. The summed E-state index contributed by atoms with van der Waals surface area (Å²) in [5, 5.41) is 13.9. The first-order chi connectivity index (χ1) is 10.2. The van der Waals surface area contributed by atoms with Crippen molar-refractivity contribution in [2.24, 2.45) is 10.9 Å². The van der Waals surface area contributed by atoms with Crippen LogP contribution in [0.2, 0.25) is 0 Å². The molecule has 0 aliphatic carbocycles. The normalized spacial score (nSPS) is 11.2. The van der Waals surface area contributed by atoms with E-state index in [0.29, 0.717) is 24.7 Å². The molecule has 0 unspecified atom stereocenters. The maximum absolute atomic E-state index is 11.7. The molecule has 1 aromatic carbocycles. The number of rotatable bonds is 9. The summed E-state index contributed by atoms with van der Waals surface area (Å²) in [5.41, 5.74) is 5.80. The van der Waals surface area contributed by atoms with Gasteiger partial charge in [0, 0.05) is 7.11 Å². The highest BCUT2D eigenvalue weighted by molar-refractivity contribution is 5.93. The molecule has 0 saturated heterocycles. The topological polar surface area (TPSA) is 115 Å². The van der Waals surface area contributed by atoms with Crippen molar-refractivity contribution in [3.63, 3.8) is 0 Å². The number of ether oxygens (including phenoxy) is 3. The molecular weight excluding hydrogens is 278 g/mol. The number of para-hydroxylation sites is 2.